The lowest BCUT2D eigenvalue weighted by atomic mass is 9.77. The largest absolute Gasteiger partial charge is 0.494 e. The van der Waals surface area contributed by atoms with Gasteiger partial charge in [0, 0.05) is 0 Å². The third-order valence-electron chi connectivity index (χ3n) is 6.16. The fourth-order valence-electron chi connectivity index (χ4n) is 3.68. The minimum absolute atomic E-state index is 0.318. The van der Waals surface area contributed by atoms with Crippen LogP contribution < -0.4 is 5.46 Å². The van der Waals surface area contributed by atoms with Crippen LogP contribution in [0, 0.1) is 13.8 Å². The zero-order chi connectivity index (χ0) is 18.0. The van der Waals surface area contributed by atoms with Crippen LogP contribution in [0.3, 0.4) is 0 Å². The van der Waals surface area contributed by atoms with Gasteiger partial charge in [0.2, 0.25) is 0 Å². The maximum absolute atomic E-state index is 6.23. The zero-order valence-electron chi connectivity index (χ0n) is 15.9. The molecule has 4 rings (SSSR count). The molecule has 0 saturated carbocycles. The van der Waals surface area contributed by atoms with Crippen molar-refractivity contribution in [3.8, 4) is 0 Å². The van der Waals surface area contributed by atoms with Gasteiger partial charge in [-0.05, 0) is 79.7 Å². The van der Waals surface area contributed by atoms with Crippen LogP contribution in [0.1, 0.15) is 38.8 Å². The third kappa shape index (κ3) is 2.41. The van der Waals surface area contributed by atoms with E-state index in [0.29, 0.717) is 0 Å². The second kappa shape index (κ2) is 5.33. The molecule has 0 aliphatic carbocycles. The van der Waals surface area contributed by atoms with E-state index in [1.807, 2.05) is 0 Å². The molecule has 0 atom stereocenters. The maximum Gasteiger partial charge on any atom is 0.494 e. The molecule has 0 radical (unpaired) electrons. The summed E-state index contributed by atoms with van der Waals surface area (Å²) < 4.78 is 12.5. The highest BCUT2D eigenvalue weighted by Gasteiger charge is 2.51. The molecule has 0 spiro atoms. The van der Waals surface area contributed by atoms with Gasteiger partial charge < -0.3 is 9.31 Å². The van der Waals surface area contributed by atoms with Crippen molar-refractivity contribution in [2.24, 2.45) is 0 Å². The van der Waals surface area contributed by atoms with E-state index >= 15 is 0 Å². The highest BCUT2D eigenvalue weighted by Crippen LogP contribution is 2.37. The summed E-state index contributed by atoms with van der Waals surface area (Å²) in [6.07, 6.45) is 0. The normalized spacial score (nSPS) is 19.0. The second-order valence-corrected chi connectivity index (χ2v) is 8.19. The van der Waals surface area contributed by atoms with Gasteiger partial charge in [0.1, 0.15) is 0 Å². The average molecular weight is 332 g/mol. The molecule has 1 aliphatic heterocycles. The fourth-order valence-corrected chi connectivity index (χ4v) is 3.68. The molecule has 1 saturated heterocycles. The Morgan fingerprint density at radius 3 is 1.84 bits per heavy atom. The molecule has 1 heterocycles. The average Bonchev–Trinajstić information content (AvgIpc) is 2.80. The van der Waals surface area contributed by atoms with E-state index in [1.54, 1.807) is 0 Å². The van der Waals surface area contributed by atoms with Gasteiger partial charge in [-0.25, -0.2) is 0 Å². The molecule has 0 unspecified atom stereocenters. The van der Waals surface area contributed by atoms with Gasteiger partial charge in [0.05, 0.1) is 11.2 Å². The van der Waals surface area contributed by atoms with Crippen LogP contribution in [0.4, 0.5) is 0 Å². The standard InChI is InChI=1S/C22H25BO2/c1-14-15(2)20-13-16(23-24-21(3,4)22(5,6)25-23)11-12-19(20)18-10-8-7-9-17(14)18/h7-13H,1-6H3. The molecule has 3 aromatic rings. The third-order valence-corrected chi connectivity index (χ3v) is 6.16. The molecule has 0 aromatic heterocycles. The van der Waals surface area contributed by atoms with Crippen molar-refractivity contribution in [3.05, 3.63) is 53.6 Å². The number of hydrogen-bond donors (Lipinski definition) is 0. The summed E-state index contributed by atoms with van der Waals surface area (Å²) in [7, 11) is -0.319. The molecule has 0 amide bonds. The molecule has 3 heteroatoms. The van der Waals surface area contributed by atoms with Gasteiger partial charge in [-0.1, -0.05) is 42.5 Å². The first-order valence-electron chi connectivity index (χ1n) is 8.98. The van der Waals surface area contributed by atoms with Crippen molar-refractivity contribution in [1.29, 1.82) is 0 Å². The Labute approximate surface area is 150 Å². The smallest absolute Gasteiger partial charge is 0.399 e. The Morgan fingerprint density at radius 2 is 1.20 bits per heavy atom. The summed E-state index contributed by atoms with van der Waals surface area (Å²) in [4.78, 5) is 0. The quantitative estimate of drug-likeness (QED) is 0.466. The lowest BCUT2D eigenvalue weighted by Crippen LogP contribution is -2.41. The zero-order valence-corrected chi connectivity index (χ0v) is 15.9. The Hall–Kier alpha value is -1.84. The molecule has 0 N–H and O–H groups in total. The number of rotatable bonds is 1. The predicted octanol–water partition coefficient (Wildman–Crippen LogP) is 4.91. The summed E-state index contributed by atoms with van der Waals surface area (Å²) in [5.74, 6) is 0. The number of fused-ring (bicyclic) bond motifs is 3. The topological polar surface area (TPSA) is 18.5 Å². The van der Waals surface area contributed by atoms with Gasteiger partial charge in [-0.2, -0.15) is 0 Å². The van der Waals surface area contributed by atoms with Crippen molar-refractivity contribution >= 4 is 34.1 Å². The van der Waals surface area contributed by atoms with Gasteiger partial charge in [-0.15, -0.1) is 0 Å². The molecule has 1 fully saturated rings. The van der Waals surface area contributed by atoms with Gasteiger partial charge >= 0.3 is 7.12 Å². The Kier molecular flexibility index (Phi) is 3.54. The van der Waals surface area contributed by atoms with E-state index in [0.717, 1.165) is 5.46 Å². The highest BCUT2D eigenvalue weighted by molar-refractivity contribution is 6.62. The molecular weight excluding hydrogens is 307 g/mol. The van der Waals surface area contributed by atoms with Crippen molar-refractivity contribution in [2.45, 2.75) is 52.7 Å². The predicted molar refractivity (Wildman–Crippen MR) is 107 cm³/mol. The van der Waals surface area contributed by atoms with Crippen molar-refractivity contribution < 1.29 is 9.31 Å². The van der Waals surface area contributed by atoms with Crippen LogP contribution in [0.25, 0.3) is 21.5 Å². The monoisotopic (exact) mass is 332 g/mol. The number of benzene rings is 3. The maximum atomic E-state index is 6.23. The Balaban J connectivity index is 1.90. The minimum atomic E-state index is -0.319. The Bertz CT molecular complexity index is 972. The van der Waals surface area contributed by atoms with E-state index in [1.165, 1.54) is 32.7 Å². The first-order chi connectivity index (χ1) is 11.7. The Morgan fingerprint density at radius 1 is 0.680 bits per heavy atom. The second-order valence-electron chi connectivity index (χ2n) is 8.19. The first kappa shape index (κ1) is 16.6. The van der Waals surface area contributed by atoms with E-state index < -0.39 is 0 Å². The molecule has 3 aromatic carbocycles. The summed E-state index contributed by atoms with van der Waals surface area (Å²) in [6.45, 7) is 12.8. The van der Waals surface area contributed by atoms with E-state index in [-0.39, 0.29) is 18.3 Å². The van der Waals surface area contributed by atoms with Crippen LogP contribution >= 0.6 is 0 Å². The van der Waals surface area contributed by atoms with Crippen LogP contribution in [0.2, 0.25) is 0 Å². The summed E-state index contributed by atoms with van der Waals surface area (Å²) in [5, 5.41) is 5.21. The molecule has 0 bridgehead atoms. The van der Waals surface area contributed by atoms with Crippen LogP contribution in [0.5, 0.6) is 0 Å². The van der Waals surface area contributed by atoms with Crippen LogP contribution in [-0.4, -0.2) is 18.3 Å². The molecule has 1 aliphatic rings. The lowest BCUT2D eigenvalue weighted by Gasteiger charge is -2.32. The van der Waals surface area contributed by atoms with E-state index in [2.05, 4.69) is 84.0 Å². The number of aryl methyl sites for hydroxylation is 2. The van der Waals surface area contributed by atoms with Crippen molar-refractivity contribution in [3.63, 3.8) is 0 Å². The van der Waals surface area contributed by atoms with Crippen molar-refractivity contribution in [1.82, 2.24) is 0 Å². The SMILES string of the molecule is Cc1c(C)c2cc(B3OC(C)(C)C(C)(C)O3)ccc2c2ccccc12. The van der Waals surface area contributed by atoms with E-state index in [9.17, 15) is 0 Å². The van der Waals surface area contributed by atoms with Gasteiger partial charge in [-0.3, -0.25) is 0 Å². The molecule has 25 heavy (non-hydrogen) atoms. The minimum Gasteiger partial charge on any atom is -0.399 e. The van der Waals surface area contributed by atoms with Gasteiger partial charge in [0.25, 0.3) is 0 Å². The summed E-state index contributed by atoms with van der Waals surface area (Å²) >= 11 is 0. The summed E-state index contributed by atoms with van der Waals surface area (Å²) in [6, 6.07) is 15.2. The first-order valence-corrected chi connectivity index (χ1v) is 8.98. The lowest BCUT2D eigenvalue weighted by molar-refractivity contribution is 0.00578. The molecule has 2 nitrogen and oxygen atoms in total. The van der Waals surface area contributed by atoms with Gasteiger partial charge in [0.15, 0.2) is 0 Å². The summed E-state index contributed by atoms with van der Waals surface area (Å²) in [5.41, 5.74) is 3.12. The highest BCUT2D eigenvalue weighted by atomic mass is 16.7. The van der Waals surface area contributed by atoms with E-state index in [4.69, 9.17) is 9.31 Å². The van der Waals surface area contributed by atoms with Crippen LogP contribution in [-0.2, 0) is 9.31 Å². The van der Waals surface area contributed by atoms with Crippen molar-refractivity contribution in [2.75, 3.05) is 0 Å². The van der Waals surface area contributed by atoms with Crippen LogP contribution in [0.15, 0.2) is 42.5 Å². The molecule has 128 valence electrons. The fraction of sp³-hybridized carbons (Fsp3) is 0.364. The molecular formula is C22H25BO2. The number of hydrogen-bond acceptors (Lipinski definition) is 2.